The van der Waals surface area contributed by atoms with E-state index in [2.05, 4.69) is 29.6 Å². The third-order valence-electron chi connectivity index (χ3n) is 2.40. The highest BCUT2D eigenvalue weighted by atomic mass is 15.3. The second-order valence-corrected chi connectivity index (χ2v) is 3.53. The van der Waals surface area contributed by atoms with Gasteiger partial charge < -0.3 is 5.32 Å². The summed E-state index contributed by atoms with van der Waals surface area (Å²) in [5, 5.41) is 3.29. The maximum absolute atomic E-state index is 5.33. The van der Waals surface area contributed by atoms with Gasteiger partial charge in [-0.1, -0.05) is 20.3 Å². The van der Waals surface area contributed by atoms with Crippen LogP contribution in [0.2, 0.25) is 0 Å². The van der Waals surface area contributed by atoms with Gasteiger partial charge in [0.2, 0.25) is 5.96 Å². The van der Waals surface area contributed by atoms with E-state index in [0.717, 1.165) is 24.8 Å². The molecule has 4 N–H and O–H groups in total. The molecule has 0 amide bonds. The number of hydrogen-bond donors (Lipinski definition) is 3. The first-order chi connectivity index (χ1) is 6.31. The van der Waals surface area contributed by atoms with Crippen molar-refractivity contribution >= 4 is 5.96 Å². The maximum Gasteiger partial charge on any atom is 0.205 e. The summed E-state index contributed by atoms with van der Waals surface area (Å²) in [7, 11) is 0. The van der Waals surface area contributed by atoms with Crippen molar-refractivity contribution in [3.63, 3.8) is 0 Å². The molecule has 0 bridgehead atoms. The monoisotopic (exact) mass is 184 g/mol. The summed E-state index contributed by atoms with van der Waals surface area (Å²) < 4.78 is 0. The summed E-state index contributed by atoms with van der Waals surface area (Å²) >= 11 is 0. The number of nitrogens with two attached hydrogens (primary N) is 1. The summed E-state index contributed by atoms with van der Waals surface area (Å²) in [6.07, 6.45) is 3.54. The topological polar surface area (TPSA) is 62.4 Å². The lowest BCUT2D eigenvalue weighted by Crippen LogP contribution is -2.43. The van der Waals surface area contributed by atoms with Crippen molar-refractivity contribution in [2.24, 2.45) is 16.8 Å². The Balaban J connectivity index is 2.24. The van der Waals surface area contributed by atoms with Gasteiger partial charge in [-0.05, 0) is 18.8 Å². The van der Waals surface area contributed by atoms with E-state index in [1.165, 1.54) is 12.8 Å². The Morgan fingerprint density at radius 2 is 2.31 bits per heavy atom. The Kier molecular flexibility index (Phi) is 4.02. The van der Waals surface area contributed by atoms with Crippen molar-refractivity contribution < 1.29 is 0 Å². The quantitative estimate of drug-likeness (QED) is 0.259. The van der Waals surface area contributed by atoms with Crippen molar-refractivity contribution in [2.45, 2.75) is 39.2 Å². The SMILES string of the molecule is CCCN=C(NN)NC1CC1CC. The second kappa shape index (κ2) is 5.07. The summed E-state index contributed by atoms with van der Waals surface area (Å²) in [4.78, 5) is 4.28. The van der Waals surface area contributed by atoms with Gasteiger partial charge in [-0.3, -0.25) is 10.4 Å². The average Bonchev–Trinajstić information content (AvgIpc) is 2.90. The van der Waals surface area contributed by atoms with E-state index in [0.29, 0.717) is 6.04 Å². The summed E-state index contributed by atoms with van der Waals surface area (Å²) in [5.74, 6) is 6.89. The van der Waals surface area contributed by atoms with Crippen molar-refractivity contribution in [1.29, 1.82) is 0 Å². The fourth-order valence-electron chi connectivity index (χ4n) is 1.41. The van der Waals surface area contributed by atoms with Gasteiger partial charge in [-0.25, -0.2) is 5.84 Å². The average molecular weight is 184 g/mol. The van der Waals surface area contributed by atoms with E-state index in [4.69, 9.17) is 5.84 Å². The number of rotatable bonds is 4. The van der Waals surface area contributed by atoms with Crippen molar-refractivity contribution in [1.82, 2.24) is 10.7 Å². The molecule has 2 unspecified atom stereocenters. The molecule has 0 aromatic carbocycles. The van der Waals surface area contributed by atoms with Gasteiger partial charge >= 0.3 is 0 Å². The molecule has 0 heterocycles. The van der Waals surface area contributed by atoms with E-state index >= 15 is 0 Å². The minimum atomic E-state index is 0.594. The minimum Gasteiger partial charge on any atom is -0.352 e. The highest BCUT2D eigenvalue weighted by molar-refractivity contribution is 5.79. The standard InChI is InChI=1S/C9H20N4/c1-3-5-11-9(13-10)12-8-6-7(8)4-2/h7-8H,3-6,10H2,1-2H3,(H2,11,12,13). The lowest BCUT2D eigenvalue weighted by atomic mass is 10.3. The zero-order chi connectivity index (χ0) is 9.68. The van der Waals surface area contributed by atoms with Crippen LogP contribution in [0.5, 0.6) is 0 Å². The Labute approximate surface area is 80.0 Å². The minimum absolute atomic E-state index is 0.594. The number of hydrogen-bond acceptors (Lipinski definition) is 2. The van der Waals surface area contributed by atoms with Crippen LogP contribution in [0.15, 0.2) is 4.99 Å². The van der Waals surface area contributed by atoms with Gasteiger partial charge in [0.25, 0.3) is 0 Å². The number of aliphatic imine (C=N–C) groups is 1. The van der Waals surface area contributed by atoms with Gasteiger partial charge in [0.1, 0.15) is 0 Å². The summed E-state index contributed by atoms with van der Waals surface area (Å²) in [6, 6.07) is 0.594. The molecule has 13 heavy (non-hydrogen) atoms. The summed E-state index contributed by atoms with van der Waals surface area (Å²) in [6.45, 7) is 5.14. The third kappa shape index (κ3) is 3.22. The molecule has 76 valence electrons. The first kappa shape index (κ1) is 10.3. The van der Waals surface area contributed by atoms with Crippen LogP contribution in [-0.2, 0) is 0 Å². The molecule has 4 heteroatoms. The molecule has 1 rings (SSSR count). The molecule has 0 aromatic heterocycles. The molecule has 0 saturated heterocycles. The maximum atomic E-state index is 5.33. The number of hydrazine groups is 1. The van der Waals surface area contributed by atoms with Gasteiger partial charge in [0.05, 0.1) is 0 Å². The molecular weight excluding hydrogens is 164 g/mol. The van der Waals surface area contributed by atoms with Crippen LogP contribution >= 0.6 is 0 Å². The Morgan fingerprint density at radius 3 is 2.77 bits per heavy atom. The Morgan fingerprint density at radius 1 is 1.54 bits per heavy atom. The van der Waals surface area contributed by atoms with Crippen molar-refractivity contribution in [3.05, 3.63) is 0 Å². The van der Waals surface area contributed by atoms with E-state index < -0.39 is 0 Å². The predicted molar refractivity (Wildman–Crippen MR) is 55.2 cm³/mol. The zero-order valence-corrected chi connectivity index (χ0v) is 8.51. The molecule has 0 spiro atoms. The van der Waals surface area contributed by atoms with Crippen LogP contribution in [0.1, 0.15) is 33.1 Å². The van der Waals surface area contributed by atoms with Gasteiger partial charge in [0.15, 0.2) is 0 Å². The smallest absolute Gasteiger partial charge is 0.205 e. The van der Waals surface area contributed by atoms with Gasteiger partial charge in [-0.2, -0.15) is 0 Å². The van der Waals surface area contributed by atoms with E-state index in [-0.39, 0.29) is 0 Å². The van der Waals surface area contributed by atoms with Gasteiger partial charge in [-0.15, -0.1) is 0 Å². The predicted octanol–water partition coefficient (Wildman–Crippen LogP) is 0.604. The fraction of sp³-hybridized carbons (Fsp3) is 0.889. The van der Waals surface area contributed by atoms with Crippen LogP contribution in [0.4, 0.5) is 0 Å². The normalized spacial score (nSPS) is 27.2. The third-order valence-corrected chi connectivity index (χ3v) is 2.40. The van der Waals surface area contributed by atoms with Crippen LogP contribution in [0.3, 0.4) is 0 Å². The zero-order valence-electron chi connectivity index (χ0n) is 8.51. The number of nitrogens with zero attached hydrogens (tertiary/aromatic N) is 1. The Bertz CT molecular complexity index is 178. The van der Waals surface area contributed by atoms with E-state index in [1.54, 1.807) is 0 Å². The lowest BCUT2D eigenvalue weighted by molar-refractivity contribution is 0.706. The number of nitrogens with one attached hydrogen (secondary N) is 2. The first-order valence-corrected chi connectivity index (χ1v) is 5.09. The van der Waals surface area contributed by atoms with Crippen molar-refractivity contribution in [2.75, 3.05) is 6.54 Å². The molecule has 2 atom stereocenters. The lowest BCUT2D eigenvalue weighted by Gasteiger charge is -2.07. The molecular formula is C9H20N4. The molecule has 1 fully saturated rings. The van der Waals surface area contributed by atoms with E-state index in [9.17, 15) is 0 Å². The molecule has 1 aliphatic rings. The van der Waals surface area contributed by atoms with Crippen molar-refractivity contribution in [3.8, 4) is 0 Å². The molecule has 1 aliphatic carbocycles. The molecule has 0 aromatic rings. The van der Waals surface area contributed by atoms with E-state index in [1.807, 2.05) is 0 Å². The molecule has 0 radical (unpaired) electrons. The molecule has 4 nitrogen and oxygen atoms in total. The largest absolute Gasteiger partial charge is 0.352 e. The number of guanidine groups is 1. The fourth-order valence-corrected chi connectivity index (χ4v) is 1.41. The van der Waals surface area contributed by atoms with Crippen LogP contribution in [0.25, 0.3) is 0 Å². The summed E-state index contributed by atoms with van der Waals surface area (Å²) in [5.41, 5.74) is 2.59. The van der Waals surface area contributed by atoms with Crippen LogP contribution < -0.4 is 16.6 Å². The highest BCUT2D eigenvalue weighted by Crippen LogP contribution is 2.32. The highest BCUT2D eigenvalue weighted by Gasteiger charge is 2.35. The second-order valence-electron chi connectivity index (χ2n) is 3.53. The van der Waals surface area contributed by atoms with Crippen LogP contribution in [-0.4, -0.2) is 18.5 Å². The first-order valence-electron chi connectivity index (χ1n) is 5.09. The molecule has 1 saturated carbocycles. The Hall–Kier alpha value is -0.770. The van der Waals surface area contributed by atoms with Crippen LogP contribution in [0, 0.1) is 5.92 Å². The molecule has 0 aliphatic heterocycles. The van der Waals surface area contributed by atoms with Gasteiger partial charge in [0, 0.05) is 12.6 Å².